The first-order valence-corrected chi connectivity index (χ1v) is 7.93. The van der Waals surface area contributed by atoms with E-state index in [2.05, 4.69) is 4.98 Å². The average Bonchev–Trinajstić information content (AvgIpc) is 2.92. The van der Waals surface area contributed by atoms with Crippen LogP contribution in [0.1, 0.15) is 49.4 Å². The molecule has 0 bridgehead atoms. The molecule has 26 heavy (non-hydrogen) atoms. The molecule has 0 saturated heterocycles. The zero-order valence-electron chi connectivity index (χ0n) is 15.4. The van der Waals surface area contributed by atoms with Gasteiger partial charge in [0.15, 0.2) is 23.9 Å². The summed E-state index contributed by atoms with van der Waals surface area (Å²) in [4.78, 5) is 39.3. The lowest BCUT2D eigenvalue weighted by atomic mass is 10.1. The third-order valence-corrected chi connectivity index (χ3v) is 4.03. The Kier molecular flexibility index (Phi) is 5.82. The molecule has 2 aromatic rings. The summed E-state index contributed by atoms with van der Waals surface area (Å²) in [5.41, 5.74) is 2.06. The van der Waals surface area contributed by atoms with E-state index in [1.54, 1.807) is 26.0 Å². The molecule has 138 valence electrons. The van der Waals surface area contributed by atoms with Crippen LogP contribution in [-0.2, 0) is 4.74 Å². The van der Waals surface area contributed by atoms with E-state index in [9.17, 15) is 14.4 Å². The molecule has 0 radical (unpaired) electrons. The van der Waals surface area contributed by atoms with Crippen molar-refractivity contribution < 1.29 is 28.6 Å². The molecule has 1 aromatic carbocycles. The molecular weight excluding hydrogens is 338 g/mol. The summed E-state index contributed by atoms with van der Waals surface area (Å²) in [7, 11) is 2.87. The number of ether oxygens (including phenoxy) is 3. The van der Waals surface area contributed by atoms with Crippen LogP contribution in [0.4, 0.5) is 0 Å². The second-order valence-corrected chi connectivity index (χ2v) is 5.72. The molecule has 1 N–H and O–H groups in total. The molecule has 7 heteroatoms. The molecule has 0 aliphatic rings. The highest BCUT2D eigenvalue weighted by atomic mass is 16.5. The molecule has 0 saturated carbocycles. The number of H-pyrrole nitrogens is 1. The number of ketones is 2. The summed E-state index contributed by atoms with van der Waals surface area (Å²) in [6.07, 6.45) is 0. The predicted molar refractivity (Wildman–Crippen MR) is 94.4 cm³/mol. The Labute approximate surface area is 151 Å². The van der Waals surface area contributed by atoms with E-state index in [1.165, 1.54) is 27.2 Å². The number of hydrogen-bond donors (Lipinski definition) is 1. The van der Waals surface area contributed by atoms with Crippen LogP contribution in [0.15, 0.2) is 18.2 Å². The van der Waals surface area contributed by atoms with Crippen LogP contribution in [0.3, 0.4) is 0 Å². The van der Waals surface area contributed by atoms with Gasteiger partial charge in [-0.3, -0.25) is 9.59 Å². The van der Waals surface area contributed by atoms with Gasteiger partial charge in [-0.2, -0.15) is 0 Å². The van der Waals surface area contributed by atoms with Crippen molar-refractivity contribution in [3.05, 3.63) is 46.3 Å². The van der Waals surface area contributed by atoms with E-state index < -0.39 is 18.4 Å². The average molecular weight is 359 g/mol. The molecule has 2 rings (SSSR count). The number of para-hydroxylation sites is 1. The van der Waals surface area contributed by atoms with E-state index in [1.807, 2.05) is 0 Å². The molecule has 0 spiro atoms. The molecule has 0 amide bonds. The third-order valence-electron chi connectivity index (χ3n) is 4.03. The summed E-state index contributed by atoms with van der Waals surface area (Å²) in [6, 6.07) is 4.79. The number of benzene rings is 1. The van der Waals surface area contributed by atoms with Crippen LogP contribution in [0.25, 0.3) is 0 Å². The first-order chi connectivity index (χ1) is 12.3. The van der Waals surface area contributed by atoms with E-state index >= 15 is 0 Å². The molecule has 7 nitrogen and oxygen atoms in total. The molecule has 1 aromatic heterocycles. The smallest absolute Gasteiger partial charge is 0.342 e. The topological polar surface area (TPSA) is 94.7 Å². The Morgan fingerprint density at radius 3 is 2.31 bits per heavy atom. The van der Waals surface area contributed by atoms with Gasteiger partial charge in [0.05, 0.1) is 19.9 Å². The highest BCUT2D eigenvalue weighted by Crippen LogP contribution is 2.31. The normalized spacial score (nSPS) is 10.3. The maximum absolute atomic E-state index is 12.4. The Hall–Kier alpha value is -3.09. The summed E-state index contributed by atoms with van der Waals surface area (Å²) in [5, 5.41) is 0. The largest absolute Gasteiger partial charge is 0.493 e. The number of nitrogens with one attached hydrogen (secondary N) is 1. The Bertz CT molecular complexity index is 865. The van der Waals surface area contributed by atoms with Gasteiger partial charge in [0.2, 0.25) is 5.78 Å². The summed E-state index contributed by atoms with van der Waals surface area (Å²) in [5.74, 6) is -0.642. The van der Waals surface area contributed by atoms with Crippen LogP contribution >= 0.6 is 0 Å². The minimum Gasteiger partial charge on any atom is -0.493 e. The van der Waals surface area contributed by atoms with Crippen molar-refractivity contribution in [2.75, 3.05) is 20.8 Å². The van der Waals surface area contributed by atoms with E-state index in [-0.39, 0.29) is 22.8 Å². The number of Topliss-reactive ketones (excluding diaryl/α,β-unsaturated/α-hetero) is 2. The molecule has 0 aliphatic heterocycles. The molecule has 0 fully saturated rings. The number of aromatic amines is 1. The lowest BCUT2D eigenvalue weighted by molar-refractivity contribution is 0.0469. The van der Waals surface area contributed by atoms with E-state index in [0.717, 1.165) is 0 Å². The maximum atomic E-state index is 12.4. The van der Waals surface area contributed by atoms with Crippen LogP contribution in [0.5, 0.6) is 11.5 Å². The Morgan fingerprint density at radius 1 is 1.08 bits per heavy atom. The SMILES string of the molecule is COc1cccc(C(=O)OCC(=O)c2[nH]c(C)c(C(C)=O)c2C)c1OC. The van der Waals surface area contributed by atoms with Crippen molar-refractivity contribution in [3.63, 3.8) is 0 Å². The zero-order valence-corrected chi connectivity index (χ0v) is 15.4. The van der Waals surface area contributed by atoms with E-state index in [0.29, 0.717) is 22.6 Å². The number of esters is 1. The van der Waals surface area contributed by atoms with Crippen molar-refractivity contribution in [3.8, 4) is 11.5 Å². The van der Waals surface area contributed by atoms with Gasteiger partial charge in [-0.05, 0) is 38.5 Å². The van der Waals surface area contributed by atoms with Crippen LogP contribution in [0.2, 0.25) is 0 Å². The van der Waals surface area contributed by atoms with Crippen LogP contribution < -0.4 is 9.47 Å². The van der Waals surface area contributed by atoms with Gasteiger partial charge in [0.1, 0.15) is 5.56 Å². The standard InChI is InChI=1S/C19H21NO6/c1-10-16(12(3)21)11(2)20-17(10)14(22)9-26-19(23)13-7-6-8-15(24-4)18(13)25-5/h6-8,20H,9H2,1-5H3. The summed E-state index contributed by atoms with van der Waals surface area (Å²) < 4.78 is 15.5. The first-order valence-electron chi connectivity index (χ1n) is 7.93. The number of aryl methyl sites for hydroxylation is 1. The van der Waals surface area contributed by atoms with Crippen molar-refractivity contribution in [2.24, 2.45) is 0 Å². The quantitative estimate of drug-likeness (QED) is 0.603. The molecule has 0 atom stereocenters. The fraction of sp³-hybridized carbons (Fsp3) is 0.316. The number of aromatic nitrogens is 1. The van der Waals surface area contributed by atoms with Crippen molar-refractivity contribution in [1.82, 2.24) is 4.98 Å². The van der Waals surface area contributed by atoms with Crippen molar-refractivity contribution in [2.45, 2.75) is 20.8 Å². The highest BCUT2D eigenvalue weighted by Gasteiger charge is 2.22. The second kappa shape index (κ2) is 7.86. The number of carbonyl (C=O) groups is 3. The Morgan fingerprint density at radius 2 is 1.77 bits per heavy atom. The van der Waals surface area contributed by atoms with Crippen LogP contribution in [-0.4, -0.2) is 43.3 Å². The Balaban J connectivity index is 2.17. The van der Waals surface area contributed by atoms with Gasteiger partial charge in [0.25, 0.3) is 0 Å². The van der Waals surface area contributed by atoms with Crippen molar-refractivity contribution >= 4 is 17.5 Å². The van der Waals surface area contributed by atoms with Gasteiger partial charge in [-0.25, -0.2) is 4.79 Å². The van der Waals surface area contributed by atoms with Crippen LogP contribution in [0, 0.1) is 13.8 Å². The number of rotatable bonds is 7. The summed E-state index contributed by atoms with van der Waals surface area (Å²) in [6.45, 7) is 4.37. The van der Waals surface area contributed by atoms with Gasteiger partial charge in [-0.1, -0.05) is 6.07 Å². The van der Waals surface area contributed by atoms with Gasteiger partial charge >= 0.3 is 5.97 Å². The molecule has 0 unspecified atom stereocenters. The first kappa shape index (κ1) is 19.2. The molecule has 0 aliphatic carbocycles. The zero-order chi connectivity index (χ0) is 19.4. The van der Waals surface area contributed by atoms with Crippen molar-refractivity contribution in [1.29, 1.82) is 0 Å². The monoisotopic (exact) mass is 359 g/mol. The van der Waals surface area contributed by atoms with E-state index in [4.69, 9.17) is 14.2 Å². The number of carbonyl (C=O) groups excluding carboxylic acids is 3. The fourth-order valence-electron chi connectivity index (χ4n) is 2.89. The highest BCUT2D eigenvalue weighted by molar-refractivity contribution is 6.04. The second-order valence-electron chi connectivity index (χ2n) is 5.72. The van der Waals surface area contributed by atoms with Gasteiger partial charge in [0, 0.05) is 11.3 Å². The maximum Gasteiger partial charge on any atom is 0.342 e. The minimum atomic E-state index is -0.707. The minimum absolute atomic E-state index is 0.131. The predicted octanol–water partition coefficient (Wildman–Crippen LogP) is 2.89. The van der Waals surface area contributed by atoms with Gasteiger partial charge in [-0.15, -0.1) is 0 Å². The third kappa shape index (κ3) is 3.61. The molecule has 1 heterocycles. The van der Waals surface area contributed by atoms with Gasteiger partial charge < -0.3 is 19.2 Å². The lowest BCUT2D eigenvalue weighted by Crippen LogP contribution is -2.16. The lowest BCUT2D eigenvalue weighted by Gasteiger charge is -2.11. The number of methoxy groups -OCH3 is 2. The number of hydrogen-bond acceptors (Lipinski definition) is 6. The fourth-order valence-corrected chi connectivity index (χ4v) is 2.89. The molecular formula is C19H21NO6. The summed E-state index contributed by atoms with van der Waals surface area (Å²) >= 11 is 0.